The highest BCUT2D eigenvalue weighted by Gasteiger charge is 2.12. The second-order valence-electron chi connectivity index (χ2n) is 8.16. The van der Waals surface area contributed by atoms with Crippen LogP contribution in [0.4, 0.5) is 0 Å². The summed E-state index contributed by atoms with van der Waals surface area (Å²) in [6.45, 7) is 5.68. The SMILES string of the molecule is Cc1ccc(C)c(OCCCn2c(CNC(=O)COc3ccc(Cl)cc3)nc3ccccc32)c1. The first-order chi connectivity index (χ1) is 16.5. The lowest BCUT2D eigenvalue weighted by Crippen LogP contribution is -2.29. The Balaban J connectivity index is 1.35. The summed E-state index contributed by atoms with van der Waals surface area (Å²) in [5.41, 5.74) is 4.25. The fraction of sp³-hybridized carbons (Fsp3) is 0.259. The van der Waals surface area contributed by atoms with E-state index in [1.165, 1.54) is 5.56 Å². The van der Waals surface area contributed by atoms with Crippen LogP contribution >= 0.6 is 11.6 Å². The van der Waals surface area contributed by atoms with Crippen LogP contribution in [0.5, 0.6) is 11.5 Å². The number of imidazole rings is 1. The molecule has 0 atom stereocenters. The van der Waals surface area contributed by atoms with E-state index in [1.807, 2.05) is 24.3 Å². The third-order valence-corrected chi connectivity index (χ3v) is 5.74. The molecular weight excluding hydrogens is 450 g/mol. The number of carbonyl (C=O) groups is 1. The number of ether oxygens (including phenoxy) is 2. The maximum Gasteiger partial charge on any atom is 0.258 e. The maximum atomic E-state index is 12.3. The molecule has 34 heavy (non-hydrogen) atoms. The van der Waals surface area contributed by atoms with Crippen LogP contribution < -0.4 is 14.8 Å². The first-order valence-electron chi connectivity index (χ1n) is 11.3. The van der Waals surface area contributed by atoms with E-state index in [9.17, 15) is 4.79 Å². The molecule has 0 bridgehead atoms. The van der Waals surface area contributed by atoms with E-state index in [0.29, 0.717) is 23.9 Å². The van der Waals surface area contributed by atoms with E-state index < -0.39 is 0 Å². The molecule has 0 aliphatic heterocycles. The van der Waals surface area contributed by atoms with Gasteiger partial charge in [0.25, 0.3) is 5.91 Å². The predicted octanol–water partition coefficient (Wildman–Crippen LogP) is 5.47. The minimum atomic E-state index is -0.216. The standard InChI is InChI=1S/C27H28ClN3O3/c1-19-8-9-20(2)25(16-19)33-15-5-14-31-24-7-4-3-6-23(24)30-26(31)17-29-27(32)18-34-22-12-10-21(28)11-13-22/h3-4,6-13,16H,5,14-15,17-18H2,1-2H3,(H,29,32). The number of nitrogens with zero attached hydrogens (tertiary/aromatic N) is 2. The van der Waals surface area contributed by atoms with Gasteiger partial charge in [-0.3, -0.25) is 4.79 Å². The Bertz CT molecular complexity index is 1270. The topological polar surface area (TPSA) is 65.4 Å². The summed E-state index contributed by atoms with van der Waals surface area (Å²) in [4.78, 5) is 17.1. The van der Waals surface area contributed by atoms with E-state index in [-0.39, 0.29) is 12.5 Å². The third kappa shape index (κ3) is 6.08. The number of aryl methyl sites for hydroxylation is 3. The summed E-state index contributed by atoms with van der Waals surface area (Å²) in [5, 5.41) is 3.53. The number of nitrogens with one attached hydrogen (secondary N) is 1. The number of halogens is 1. The monoisotopic (exact) mass is 477 g/mol. The predicted molar refractivity (Wildman–Crippen MR) is 135 cm³/mol. The molecule has 0 spiro atoms. The van der Waals surface area contributed by atoms with Gasteiger partial charge in [0.2, 0.25) is 0 Å². The molecule has 1 amide bonds. The number of amides is 1. The summed E-state index contributed by atoms with van der Waals surface area (Å²) < 4.78 is 13.7. The highest BCUT2D eigenvalue weighted by molar-refractivity contribution is 6.30. The van der Waals surface area contributed by atoms with Crippen LogP contribution in [0.25, 0.3) is 11.0 Å². The van der Waals surface area contributed by atoms with Gasteiger partial charge in [0.1, 0.15) is 17.3 Å². The molecule has 0 saturated carbocycles. The van der Waals surface area contributed by atoms with Gasteiger partial charge in [-0.15, -0.1) is 0 Å². The molecule has 1 N–H and O–H groups in total. The minimum absolute atomic E-state index is 0.0778. The molecule has 0 aliphatic rings. The Morgan fingerprint density at radius 3 is 2.65 bits per heavy atom. The lowest BCUT2D eigenvalue weighted by molar-refractivity contribution is -0.123. The van der Waals surface area contributed by atoms with Gasteiger partial charge < -0.3 is 19.4 Å². The number of aromatic nitrogens is 2. The van der Waals surface area contributed by atoms with Crippen molar-refractivity contribution in [2.75, 3.05) is 13.2 Å². The van der Waals surface area contributed by atoms with E-state index in [2.05, 4.69) is 41.9 Å². The number of fused-ring (bicyclic) bond motifs is 1. The largest absolute Gasteiger partial charge is 0.493 e. The Morgan fingerprint density at radius 1 is 1.03 bits per heavy atom. The maximum absolute atomic E-state index is 12.3. The summed E-state index contributed by atoms with van der Waals surface area (Å²) >= 11 is 5.88. The molecule has 1 heterocycles. The van der Waals surface area contributed by atoms with Gasteiger partial charge in [-0.25, -0.2) is 4.98 Å². The molecule has 3 aromatic carbocycles. The van der Waals surface area contributed by atoms with Gasteiger partial charge in [-0.1, -0.05) is 35.9 Å². The average molecular weight is 478 g/mol. The van der Waals surface area contributed by atoms with Gasteiger partial charge in [0, 0.05) is 11.6 Å². The molecule has 4 rings (SSSR count). The van der Waals surface area contributed by atoms with Crippen LogP contribution in [0.2, 0.25) is 5.02 Å². The van der Waals surface area contributed by atoms with Crippen molar-refractivity contribution in [1.29, 1.82) is 0 Å². The lowest BCUT2D eigenvalue weighted by Gasteiger charge is -2.13. The second kappa shape index (κ2) is 11.1. The number of hydrogen-bond donors (Lipinski definition) is 1. The van der Waals surface area contributed by atoms with Crippen molar-refractivity contribution in [2.24, 2.45) is 0 Å². The summed E-state index contributed by atoms with van der Waals surface area (Å²) in [6.07, 6.45) is 0.814. The smallest absolute Gasteiger partial charge is 0.258 e. The average Bonchev–Trinajstić information content (AvgIpc) is 3.19. The summed E-state index contributed by atoms with van der Waals surface area (Å²) in [7, 11) is 0. The number of hydrogen-bond acceptors (Lipinski definition) is 4. The molecular formula is C27H28ClN3O3. The first kappa shape index (κ1) is 23.6. The third-order valence-electron chi connectivity index (χ3n) is 5.49. The van der Waals surface area contributed by atoms with Crippen LogP contribution in [0.3, 0.4) is 0 Å². The summed E-state index contributed by atoms with van der Waals surface area (Å²) in [6, 6.07) is 21.1. The fourth-order valence-electron chi connectivity index (χ4n) is 3.69. The Labute approximate surface area is 204 Å². The molecule has 0 unspecified atom stereocenters. The zero-order chi connectivity index (χ0) is 23.9. The molecule has 0 saturated heterocycles. The van der Waals surface area contributed by atoms with Gasteiger partial charge in [-0.05, 0) is 73.9 Å². The van der Waals surface area contributed by atoms with E-state index >= 15 is 0 Å². The lowest BCUT2D eigenvalue weighted by atomic mass is 10.1. The summed E-state index contributed by atoms with van der Waals surface area (Å²) in [5.74, 6) is 2.10. The van der Waals surface area contributed by atoms with Crippen LogP contribution in [0, 0.1) is 13.8 Å². The second-order valence-corrected chi connectivity index (χ2v) is 8.60. The fourth-order valence-corrected chi connectivity index (χ4v) is 3.81. The molecule has 4 aromatic rings. The minimum Gasteiger partial charge on any atom is -0.493 e. The van der Waals surface area contributed by atoms with Crippen LogP contribution in [0.15, 0.2) is 66.7 Å². The van der Waals surface area contributed by atoms with Crippen molar-refractivity contribution in [1.82, 2.24) is 14.9 Å². The van der Waals surface area contributed by atoms with Crippen LogP contribution in [-0.2, 0) is 17.9 Å². The van der Waals surface area contributed by atoms with Gasteiger partial charge in [0.15, 0.2) is 6.61 Å². The van der Waals surface area contributed by atoms with Crippen LogP contribution in [0.1, 0.15) is 23.4 Å². The van der Waals surface area contributed by atoms with Crippen molar-refractivity contribution < 1.29 is 14.3 Å². The van der Waals surface area contributed by atoms with E-state index in [0.717, 1.165) is 41.1 Å². The van der Waals surface area contributed by atoms with Crippen molar-refractivity contribution >= 4 is 28.5 Å². The zero-order valence-electron chi connectivity index (χ0n) is 19.4. The van der Waals surface area contributed by atoms with Crippen LogP contribution in [-0.4, -0.2) is 28.7 Å². The van der Waals surface area contributed by atoms with Crippen molar-refractivity contribution in [3.05, 3.63) is 88.7 Å². The molecule has 0 aliphatic carbocycles. The molecule has 7 heteroatoms. The van der Waals surface area contributed by atoms with E-state index in [4.69, 9.17) is 26.1 Å². The Hall–Kier alpha value is -3.51. The zero-order valence-corrected chi connectivity index (χ0v) is 20.1. The van der Waals surface area contributed by atoms with Gasteiger partial charge in [0.05, 0.1) is 24.2 Å². The number of rotatable bonds is 10. The van der Waals surface area contributed by atoms with Crippen molar-refractivity contribution in [2.45, 2.75) is 33.4 Å². The highest BCUT2D eigenvalue weighted by Crippen LogP contribution is 2.20. The molecule has 1 aromatic heterocycles. The number of carbonyl (C=O) groups excluding carboxylic acids is 1. The quantitative estimate of drug-likeness (QED) is 0.307. The molecule has 6 nitrogen and oxygen atoms in total. The van der Waals surface area contributed by atoms with Crippen molar-refractivity contribution in [3.8, 4) is 11.5 Å². The Kier molecular flexibility index (Phi) is 7.70. The van der Waals surface area contributed by atoms with E-state index in [1.54, 1.807) is 24.3 Å². The van der Waals surface area contributed by atoms with Gasteiger partial charge in [-0.2, -0.15) is 0 Å². The normalized spacial score (nSPS) is 10.9. The van der Waals surface area contributed by atoms with Crippen molar-refractivity contribution in [3.63, 3.8) is 0 Å². The number of para-hydroxylation sites is 2. The number of benzene rings is 3. The highest BCUT2D eigenvalue weighted by atomic mass is 35.5. The van der Waals surface area contributed by atoms with Gasteiger partial charge >= 0.3 is 0 Å². The molecule has 176 valence electrons. The first-order valence-corrected chi connectivity index (χ1v) is 11.7. The Morgan fingerprint density at radius 2 is 1.82 bits per heavy atom. The molecule has 0 fully saturated rings. The molecule has 0 radical (unpaired) electrons.